The zero-order chi connectivity index (χ0) is 16.4. The van der Waals surface area contributed by atoms with Crippen LogP contribution >= 0.6 is 0 Å². The summed E-state index contributed by atoms with van der Waals surface area (Å²) in [5, 5.41) is 5.16. The van der Waals surface area contributed by atoms with E-state index < -0.39 is 12.1 Å². The Morgan fingerprint density at radius 1 is 1.23 bits per heavy atom. The Morgan fingerprint density at radius 3 is 2.50 bits per heavy atom. The number of aldehydes is 1. The Morgan fingerprint density at radius 2 is 1.91 bits per heavy atom. The van der Waals surface area contributed by atoms with E-state index in [4.69, 9.17) is 4.74 Å². The van der Waals surface area contributed by atoms with Gasteiger partial charge in [-0.05, 0) is 11.5 Å². The van der Waals surface area contributed by atoms with Gasteiger partial charge in [0, 0.05) is 13.0 Å². The highest BCUT2D eigenvalue weighted by Crippen LogP contribution is 2.04. The highest BCUT2D eigenvalue weighted by Gasteiger charge is 2.24. The molecule has 0 aliphatic rings. The Balaban J connectivity index is 2.46. The number of alkyl carbamates (subject to hydrolysis) is 1. The molecule has 0 spiro atoms. The van der Waals surface area contributed by atoms with Crippen LogP contribution in [0, 0.1) is 5.92 Å². The molecule has 6 nitrogen and oxygen atoms in total. The summed E-state index contributed by atoms with van der Waals surface area (Å²) in [6.07, 6.45) is 0.328. The third kappa shape index (κ3) is 6.39. The third-order valence-electron chi connectivity index (χ3n) is 3.00. The molecule has 0 unspecified atom stereocenters. The lowest BCUT2D eigenvalue weighted by Crippen LogP contribution is -2.50. The summed E-state index contributed by atoms with van der Waals surface area (Å²) in [7, 11) is 0. The molecule has 120 valence electrons. The minimum absolute atomic E-state index is 0.0968. The molecule has 0 aliphatic carbocycles. The van der Waals surface area contributed by atoms with Crippen molar-refractivity contribution in [2.24, 2.45) is 5.92 Å². The van der Waals surface area contributed by atoms with Gasteiger partial charge in [0.05, 0.1) is 0 Å². The maximum atomic E-state index is 12.0. The molecule has 0 aromatic heterocycles. The molecule has 0 radical (unpaired) electrons. The van der Waals surface area contributed by atoms with Crippen LogP contribution in [-0.2, 0) is 20.9 Å². The highest BCUT2D eigenvalue weighted by molar-refractivity contribution is 5.85. The van der Waals surface area contributed by atoms with E-state index in [0.29, 0.717) is 0 Å². The topological polar surface area (TPSA) is 84.5 Å². The molecule has 2 amide bonds. The summed E-state index contributed by atoms with van der Waals surface area (Å²) in [6, 6.07) is 8.58. The van der Waals surface area contributed by atoms with Gasteiger partial charge in [-0.25, -0.2) is 4.79 Å². The number of rotatable bonds is 8. The Kier molecular flexibility index (Phi) is 7.67. The fourth-order valence-electron chi connectivity index (χ4n) is 1.79. The average molecular weight is 306 g/mol. The molecule has 2 N–H and O–H groups in total. The van der Waals surface area contributed by atoms with E-state index in [9.17, 15) is 14.4 Å². The first kappa shape index (κ1) is 17.7. The zero-order valence-electron chi connectivity index (χ0n) is 12.9. The Hall–Kier alpha value is -2.37. The third-order valence-corrected chi connectivity index (χ3v) is 3.00. The summed E-state index contributed by atoms with van der Waals surface area (Å²) in [4.78, 5) is 34.0. The predicted molar refractivity (Wildman–Crippen MR) is 82.1 cm³/mol. The fraction of sp³-hybridized carbons (Fsp3) is 0.438. The van der Waals surface area contributed by atoms with Crippen molar-refractivity contribution < 1.29 is 19.1 Å². The van der Waals surface area contributed by atoms with Crippen molar-refractivity contribution in [2.45, 2.75) is 32.9 Å². The van der Waals surface area contributed by atoms with Crippen molar-refractivity contribution in [2.75, 3.05) is 6.54 Å². The zero-order valence-corrected chi connectivity index (χ0v) is 12.9. The molecular weight excluding hydrogens is 284 g/mol. The Labute approximate surface area is 130 Å². The smallest absolute Gasteiger partial charge is 0.408 e. The normalized spacial score (nSPS) is 11.6. The SMILES string of the molecule is CC(C)[C@H](NC(=O)OCc1ccccc1)C(=O)NCCC=O. The van der Waals surface area contributed by atoms with E-state index in [-0.39, 0.29) is 31.4 Å². The molecule has 22 heavy (non-hydrogen) atoms. The molecule has 0 saturated heterocycles. The van der Waals surface area contributed by atoms with Crippen LogP contribution < -0.4 is 10.6 Å². The summed E-state index contributed by atoms with van der Waals surface area (Å²) in [5.41, 5.74) is 0.870. The van der Waals surface area contributed by atoms with Crippen LogP contribution in [0.25, 0.3) is 0 Å². The largest absolute Gasteiger partial charge is 0.445 e. The fourth-order valence-corrected chi connectivity index (χ4v) is 1.79. The molecule has 1 atom stereocenters. The number of nitrogens with one attached hydrogen (secondary N) is 2. The minimum Gasteiger partial charge on any atom is -0.445 e. The molecule has 0 saturated carbocycles. The van der Waals surface area contributed by atoms with E-state index in [2.05, 4.69) is 10.6 Å². The van der Waals surface area contributed by atoms with Gasteiger partial charge in [0.1, 0.15) is 18.9 Å². The molecule has 1 aromatic rings. The van der Waals surface area contributed by atoms with Crippen molar-refractivity contribution in [1.82, 2.24) is 10.6 Å². The van der Waals surface area contributed by atoms with Crippen molar-refractivity contribution in [1.29, 1.82) is 0 Å². The summed E-state index contributed by atoms with van der Waals surface area (Å²) in [5.74, 6) is -0.422. The van der Waals surface area contributed by atoms with Gasteiger partial charge in [-0.2, -0.15) is 0 Å². The number of amides is 2. The number of ether oxygens (including phenoxy) is 1. The van der Waals surface area contributed by atoms with Crippen LogP contribution in [0.1, 0.15) is 25.8 Å². The number of benzene rings is 1. The molecule has 0 fully saturated rings. The first-order valence-corrected chi connectivity index (χ1v) is 7.23. The number of carbonyl (C=O) groups excluding carboxylic acids is 3. The number of hydrogen-bond acceptors (Lipinski definition) is 4. The van der Waals surface area contributed by atoms with E-state index >= 15 is 0 Å². The monoisotopic (exact) mass is 306 g/mol. The summed E-state index contributed by atoms with van der Waals surface area (Å²) < 4.78 is 5.10. The van der Waals surface area contributed by atoms with Gasteiger partial charge < -0.3 is 20.2 Å². The summed E-state index contributed by atoms with van der Waals surface area (Å²) in [6.45, 7) is 4.04. The lowest BCUT2D eigenvalue weighted by Gasteiger charge is -2.21. The lowest BCUT2D eigenvalue weighted by molar-refractivity contribution is -0.124. The number of hydrogen-bond donors (Lipinski definition) is 2. The second-order valence-corrected chi connectivity index (χ2v) is 5.17. The second-order valence-electron chi connectivity index (χ2n) is 5.17. The lowest BCUT2D eigenvalue weighted by atomic mass is 10.0. The van der Waals surface area contributed by atoms with Crippen LogP contribution in [0.5, 0.6) is 0 Å². The standard InChI is InChI=1S/C16H22N2O4/c1-12(2)14(15(20)17-9-6-10-19)18-16(21)22-11-13-7-4-3-5-8-13/h3-5,7-8,10,12,14H,6,9,11H2,1-2H3,(H,17,20)(H,18,21)/t14-/m0/s1. The van der Waals surface area contributed by atoms with Gasteiger partial charge in [-0.1, -0.05) is 44.2 Å². The van der Waals surface area contributed by atoms with Gasteiger partial charge in [0.15, 0.2) is 0 Å². The maximum absolute atomic E-state index is 12.0. The first-order chi connectivity index (χ1) is 10.5. The van der Waals surface area contributed by atoms with Gasteiger partial charge in [0.25, 0.3) is 0 Å². The first-order valence-electron chi connectivity index (χ1n) is 7.23. The molecular formula is C16H22N2O4. The van der Waals surface area contributed by atoms with Crippen molar-refractivity contribution >= 4 is 18.3 Å². The van der Waals surface area contributed by atoms with Crippen LogP contribution in [-0.4, -0.2) is 30.9 Å². The van der Waals surface area contributed by atoms with Crippen LogP contribution in [0.4, 0.5) is 4.79 Å². The van der Waals surface area contributed by atoms with Gasteiger partial charge in [0.2, 0.25) is 5.91 Å². The van der Waals surface area contributed by atoms with Crippen molar-refractivity contribution in [3.05, 3.63) is 35.9 Å². The molecule has 0 bridgehead atoms. The predicted octanol–water partition coefficient (Wildman–Crippen LogP) is 1.64. The van der Waals surface area contributed by atoms with Gasteiger partial charge >= 0.3 is 6.09 Å². The average Bonchev–Trinajstić information content (AvgIpc) is 2.51. The summed E-state index contributed by atoms with van der Waals surface area (Å²) >= 11 is 0. The van der Waals surface area contributed by atoms with E-state index in [1.807, 2.05) is 44.2 Å². The quantitative estimate of drug-likeness (QED) is 0.565. The van der Waals surface area contributed by atoms with E-state index in [0.717, 1.165) is 11.8 Å². The van der Waals surface area contributed by atoms with Crippen molar-refractivity contribution in [3.63, 3.8) is 0 Å². The highest BCUT2D eigenvalue weighted by atomic mass is 16.5. The van der Waals surface area contributed by atoms with Crippen LogP contribution in [0.2, 0.25) is 0 Å². The van der Waals surface area contributed by atoms with E-state index in [1.54, 1.807) is 0 Å². The molecule has 1 aromatic carbocycles. The molecule has 0 heterocycles. The maximum Gasteiger partial charge on any atom is 0.408 e. The minimum atomic E-state index is -0.699. The molecule has 1 rings (SSSR count). The number of carbonyl (C=O) groups is 3. The van der Waals surface area contributed by atoms with Gasteiger partial charge in [-0.15, -0.1) is 0 Å². The molecule has 0 aliphatic heterocycles. The van der Waals surface area contributed by atoms with E-state index in [1.165, 1.54) is 0 Å². The molecule has 6 heteroatoms. The van der Waals surface area contributed by atoms with Gasteiger partial charge in [-0.3, -0.25) is 4.79 Å². The van der Waals surface area contributed by atoms with Crippen molar-refractivity contribution in [3.8, 4) is 0 Å². The second kappa shape index (κ2) is 9.55. The Bertz CT molecular complexity index is 488. The van der Waals surface area contributed by atoms with Crippen LogP contribution in [0.3, 0.4) is 0 Å². The van der Waals surface area contributed by atoms with Crippen LogP contribution in [0.15, 0.2) is 30.3 Å².